The second kappa shape index (κ2) is 4.77. The summed E-state index contributed by atoms with van der Waals surface area (Å²) in [5, 5.41) is 8.39. The summed E-state index contributed by atoms with van der Waals surface area (Å²) in [6.45, 7) is 11.9. The van der Waals surface area contributed by atoms with Crippen molar-refractivity contribution in [2.24, 2.45) is 11.8 Å². The highest BCUT2D eigenvalue weighted by atomic mass is 16.5. The first-order valence-electron chi connectivity index (χ1n) is 6.53. The molecule has 1 fully saturated rings. The molecule has 0 radical (unpaired) electrons. The van der Waals surface area contributed by atoms with E-state index in [9.17, 15) is 0 Å². The molecule has 0 saturated carbocycles. The Kier molecular flexibility index (Phi) is 3.52. The van der Waals surface area contributed by atoms with Crippen molar-refractivity contribution < 1.29 is 4.74 Å². The van der Waals surface area contributed by atoms with Gasteiger partial charge in [-0.05, 0) is 25.7 Å². The van der Waals surface area contributed by atoms with E-state index in [1.807, 2.05) is 6.33 Å². The van der Waals surface area contributed by atoms with Gasteiger partial charge in [0.1, 0.15) is 12.2 Å². The lowest BCUT2D eigenvalue weighted by Gasteiger charge is -2.19. The van der Waals surface area contributed by atoms with E-state index in [0.29, 0.717) is 23.9 Å². The normalized spacial score (nSPS) is 33.5. The molecular weight excluding hydrogens is 214 g/mol. The molecule has 0 spiro atoms. The smallest absolute Gasteiger partial charge is 0.138 e. The molecule has 4 heteroatoms. The van der Waals surface area contributed by atoms with E-state index in [-0.39, 0.29) is 6.10 Å². The topological polar surface area (TPSA) is 39.9 Å². The van der Waals surface area contributed by atoms with Gasteiger partial charge in [-0.15, -0.1) is 10.2 Å². The van der Waals surface area contributed by atoms with Crippen molar-refractivity contribution in [1.82, 2.24) is 14.8 Å². The zero-order chi connectivity index (χ0) is 12.6. The van der Waals surface area contributed by atoms with E-state index in [2.05, 4.69) is 49.4 Å². The van der Waals surface area contributed by atoms with Gasteiger partial charge in [0.05, 0.1) is 18.1 Å². The molecule has 2 rings (SSSR count). The zero-order valence-electron chi connectivity index (χ0n) is 11.4. The lowest BCUT2D eigenvalue weighted by Crippen LogP contribution is -2.21. The largest absolute Gasteiger partial charge is 0.374 e. The van der Waals surface area contributed by atoms with Crippen LogP contribution in [0, 0.1) is 11.8 Å². The van der Waals surface area contributed by atoms with Crippen LogP contribution >= 0.6 is 0 Å². The molecule has 0 amide bonds. The van der Waals surface area contributed by atoms with Crippen molar-refractivity contribution >= 4 is 0 Å². The fourth-order valence-corrected chi connectivity index (χ4v) is 2.77. The first-order chi connectivity index (χ1) is 8.00. The van der Waals surface area contributed by atoms with E-state index in [0.717, 1.165) is 12.4 Å². The van der Waals surface area contributed by atoms with Crippen LogP contribution in [0.2, 0.25) is 0 Å². The van der Waals surface area contributed by atoms with Gasteiger partial charge in [-0.3, -0.25) is 0 Å². The summed E-state index contributed by atoms with van der Waals surface area (Å²) >= 11 is 0. The molecular formula is C13H23N3O. The van der Waals surface area contributed by atoms with Crippen molar-refractivity contribution in [3.05, 3.63) is 12.2 Å². The van der Waals surface area contributed by atoms with Crippen LogP contribution in [-0.2, 0) is 11.3 Å². The first-order valence-corrected chi connectivity index (χ1v) is 6.53. The van der Waals surface area contributed by atoms with Gasteiger partial charge in [0.2, 0.25) is 0 Å². The van der Waals surface area contributed by atoms with Gasteiger partial charge >= 0.3 is 0 Å². The quantitative estimate of drug-likeness (QED) is 0.810. The second-order valence-corrected chi connectivity index (χ2v) is 5.67. The molecule has 1 aromatic heterocycles. The zero-order valence-corrected chi connectivity index (χ0v) is 11.4. The molecule has 4 unspecified atom stereocenters. The number of ether oxygens (including phenoxy) is 1. The second-order valence-electron chi connectivity index (χ2n) is 5.67. The summed E-state index contributed by atoms with van der Waals surface area (Å²) in [4.78, 5) is 0. The molecule has 0 bridgehead atoms. The predicted octanol–water partition coefficient (Wildman–Crippen LogP) is 2.46. The van der Waals surface area contributed by atoms with E-state index >= 15 is 0 Å². The standard InChI is InChI=1S/C13H23N3O/c1-8(2)6-16-7-14-15-13(16)12-9(3)10(4)17-11(12)5/h7-12H,6H2,1-5H3. The molecule has 96 valence electrons. The summed E-state index contributed by atoms with van der Waals surface area (Å²) in [5.41, 5.74) is 0. The molecule has 0 aromatic carbocycles. The van der Waals surface area contributed by atoms with Gasteiger partial charge in [0.25, 0.3) is 0 Å². The first kappa shape index (κ1) is 12.6. The van der Waals surface area contributed by atoms with E-state index in [1.165, 1.54) is 0 Å². The van der Waals surface area contributed by atoms with Crippen LogP contribution in [0.25, 0.3) is 0 Å². The summed E-state index contributed by atoms with van der Waals surface area (Å²) in [5.74, 6) is 2.56. The Bertz CT molecular complexity index is 374. The average Bonchev–Trinajstić information content (AvgIpc) is 2.73. The highest BCUT2D eigenvalue weighted by molar-refractivity contribution is 5.06. The third kappa shape index (κ3) is 2.37. The minimum Gasteiger partial charge on any atom is -0.374 e. The molecule has 1 aliphatic rings. The van der Waals surface area contributed by atoms with Crippen LogP contribution in [0.1, 0.15) is 46.4 Å². The lowest BCUT2D eigenvalue weighted by molar-refractivity contribution is 0.0551. The van der Waals surface area contributed by atoms with Crippen LogP contribution < -0.4 is 0 Å². The maximum atomic E-state index is 5.89. The van der Waals surface area contributed by atoms with Gasteiger partial charge in [0, 0.05) is 6.54 Å². The van der Waals surface area contributed by atoms with E-state index in [1.54, 1.807) is 0 Å². The molecule has 1 aliphatic heterocycles. The molecule has 0 N–H and O–H groups in total. The van der Waals surface area contributed by atoms with Crippen LogP contribution in [0.15, 0.2) is 6.33 Å². The number of rotatable bonds is 3. The summed E-state index contributed by atoms with van der Waals surface area (Å²) in [6.07, 6.45) is 2.38. The molecule has 0 aliphatic carbocycles. The monoisotopic (exact) mass is 237 g/mol. The van der Waals surface area contributed by atoms with Crippen molar-refractivity contribution in [3.63, 3.8) is 0 Å². The van der Waals surface area contributed by atoms with Crippen molar-refractivity contribution in [1.29, 1.82) is 0 Å². The highest BCUT2D eigenvalue weighted by Gasteiger charge is 2.40. The highest BCUT2D eigenvalue weighted by Crippen LogP contribution is 2.38. The van der Waals surface area contributed by atoms with Gasteiger partial charge in [-0.25, -0.2) is 0 Å². The fraction of sp³-hybridized carbons (Fsp3) is 0.846. The lowest BCUT2D eigenvalue weighted by atomic mass is 9.89. The van der Waals surface area contributed by atoms with Crippen molar-refractivity contribution in [2.45, 2.75) is 59.3 Å². The number of aromatic nitrogens is 3. The molecule has 1 aromatic rings. The maximum Gasteiger partial charge on any atom is 0.138 e. The minimum atomic E-state index is 0.232. The van der Waals surface area contributed by atoms with Crippen LogP contribution in [0.5, 0.6) is 0 Å². The SMILES string of the molecule is CC(C)Cn1cnnc1C1C(C)OC(C)C1C. The van der Waals surface area contributed by atoms with Crippen molar-refractivity contribution in [3.8, 4) is 0 Å². The molecule has 2 heterocycles. The summed E-state index contributed by atoms with van der Waals surface area (Å²) < 4.78 is 8.07. The predicted molar refractivity (Wildman–Crippen MR) is 66.8 cm³/mol. The van der Waals surface area contributed by atoms with E-state index < -0.39 is 0 Å². The summed E-state index contributed by atoms with van der Waals surface area (Å²) in [7, 11) is 0. The van der Waals surface area contributed by atoms with Gasteiger partial charge in [-0.2, -0.15) is 0 Å². The van der Waals surface area contributed by atoms with Crippen LogP contribution in [0.4, 0.5) is 0 Å². The Morgan fingerprint density at radius 3 is 2.53 bits per heavy atom. The fourth-order valence-electron chi connectivity index (χ4n) is 2.77. The molecule has 1 saturated heterocycles. The van der Waals surface area contributed by atoms with Gasteiger partial charge in [-0.1, -0.05) is 20.8 Å². The van der Waals surface area contributed by atoms with Gasteiger partial charge in [0.15, 0.2) is 0 Å². The number of hydrogen-bond donors (Lipinski definition) is 0. The Hall–Kier alpha value is -0.900. The van der Waals surface area contributed by atoms with Crippen molar-refractivity contribution in [2.75, 3.05) is 0 Å². The number of hydrogen-bond acceptors (Lipinski definition) is 3. The number of nitrogens with zero attached hydrogens (tertiary/aromatic N) is 3. The van der Waals surface area contributed by atoms with E-state index in [4.69, 9.17) is 4.74 Å². The average molecular weight is 237 g/mol. The Morgan fingerprint density at radius 2 is 2.00 bits per heavy atom. The summed E-state index contributed by atoms with van der Waals surface area (Å²) in [6, 6.07) is 0. The maximum absolute atomic E-state index is 5.89. The Labute approximate surface area is 103 Å². The molecule has 4 nitrogen and oxygen atoms in total. The molecule has 17 heavy (non-hydrogen) atoms. The minimum absolute atomic E-state index is 0.232. The third-order valence-corrected chi connectivity index (χ3v) is 3.75. The Balaban J connectivity index is 2.24. The van der Waals surface area contributed by atoms with Crippen LogP contribution in [-0.4, -0.2) is 27.0 Å². The third-order valence-electron chi connectivity index (χ3n) is 3.75. The Morgan fingerprint density at radius 1 is 1.29 bits per heavy atom. The van der Waals surface area contributed by atoms with Crippen LogP contribution in [0.3, 0.4) is 0 Å². The molecule has 4 atom stereocenters. The van der Waals surface area contributed by atoms with Gasteiger partial charge < -0.3 is 9.30 Å².